The fraction of sp³-hybridized carbons (Fsp3) is 0.467. The maximum Gasteiger partial charge on any atom is 0.159 e. The largest absolute Gasteiger partial charge is 0.395 e. The van der Waals surface area contributed by atoms with Crippen LogP contribution in [0.5, 0.6) is 0 Å². The normalized spacial score (nSPS) is 15.5. The van der Waals surface area contributed by atoms with Crippen LogP contribution in [-0.2, 0) is 0 Å². The lowest BCUT2D eigenvalue weighted by Gasteiger charge is -2.38. The topological polar surface area (TPSA) is 49.2 Å². The van der Waals surface area contributed by atoms with Gasteiger partial charge in [-0.25, -0.2) is 0 Å². The van der Waals surface area contributed by atoms with E-state index in [1.807, 2.05) is 19.1 Å². The van der Waals surface area contributed by atoms with Crippen molar-refractivity contribution in [2.24, 2.45) is 0 Å². The Hall–Kier alpha value is -1.68. The van der Waals surface area contributed by atoms with Gasteiger partial charge in [0.15, 0.2) is 5.82 Å². The third-order valence-corrected chi connectivity index (χ3v) is 3.98. The van der Waals surface area contributed by atoms with E-state index in [0.29, 0.717) is 12.6 Å². The Bertz CT molecular complexity index is 581. The molecule has 1 aromatic carbocycles. The molecule has 3 rings (SSSR count). The standard InChI is InChI=1S/C15H19N3O/c1-11-13-7-2-3-8-14(13)15(17-16-11)18(9-10-19)12-5-4-6-12/h2-3,7-8,12,19H,4-6,9-10H2,1H3. The minimum absolute atomic E-state index is 0.153. The summed E-state index contributed by atoms with van der Waals surface area (Å²) in [5, 5.41) is 20.3. The van der Waals surface area contributed by atoms with E-state index in [1.165, 1.54) is 19.3 Å². The molecule has 0 spiro atoms. The second kappa shape index (κ2) is 5.13. The molecule has 1 heterocycles. The van der Waals surface area contributed by atoms with Crippen LogP contribution in [0.25, 0.3) is 10.8 Å². The lowest BCUT2D eigenvalue weighted by molar-refractivity contribution is 0.283. The van der Waals surface area contributed by atoms with Crippen LogP contribution >= 0.6 is 0 Å². The van der Waals surface area contributed by atoms with E-state index in [4.69, 9.17) is 0 Å². The first-order chi connectivity index (χ1) is 9.31. The van der Waals surface area contributed by atoms with Gasteiger partial charge in [0.05, 0.1) is 12.3 Å². The number of hydrogen-bond donors (Lipinski definition) is 1. The number of fused-ring (bicyclic) bond motifs is 1. The average Bonchev–Trinajstić information content (AvgIpc) is 2.37. The molecule has 1 N–H and O–H groups in total. The number of anilines is 1. The van der Waals surface area contributed by atoms with Gasteiger partial charge in [-0.3, -0.25) is 0 Å². The molecule has 1 aliphatic rings. The van der Waals surface area contributed by atoms with Gasteiger partial charge in [0.25, 0.3) is 0 Å². The van der Waals surface area contributed by atoms with Gasteiger partial charge in [-0.1, -0.05) is 24.3 Å². The Morgan fingerprint density at radius 3 is 2.58 bits per heavy atom. The number of aryl methyl sites for hydroxylation is 1. The molecule has 1 saturated carbocycles. The first-order valence-corrected chi connectivity index (χ1v) is 6.91. The van der Waals surface area contributed by atoms with Crippen molar-refractivity contribution >= 4 is 16.6 Å². The maximum atomic E-state index is 9.30. The molecule has 0 unspecified atom stereocenters. The zero-order chi connectivity index (χ0) is 13.2. The molecule has 1 aliphatic carbocycles. The summed E-state index contributed by atoms with van der Waals surface area (Å²) in [4.78, 5) is 2.22. The van der Waals surface area contributed by atoms with E-state index in [1.54, 1.807) is 0 Å². The summed E-state index contributed by atoms with van der Waals surface area (Å²) in [7, 11) is 0. The Morgan fingerprint density at radius 1 is 1.21 bits per heavy atom. The summed E-state index contributed by atoms with van der Waals surface area (Å²) in [6, 6.07) is 8.74. The van der Waals surface area contributed by atoms with E-state index >= 15 is 0 Å². The molecule has 4 heteroatoms. The van der Waals surface area contributed by atoms with Gasteiger partial charge in [-0.05, 0) is 26.2 Å². The molecule has 19 heavy (non-hydrogen) atoms. The lowest BCUT2D eigenvalue weighted by Crippen LogP contribution is -2.42. The molecule has 0 amide bonds. The SMILES string of the molecule is Cc1nnc(N(CCO)C2CCC2)c2ccccc12. The van der Waals surface area contributed by atoms with Crippen molar-refractivity contribution in [1.82, 2.24) is 10.2 Å². The van der Waals surface area contributed by atoms with E-state index < -0.39 is 0 Å². The van der Waals surface area contributed by atoms with Gasteiger partial charge in [0, 0.05) is 23.4 Å². The number of rotatable bonds is 4. The van der Waals surface area contributed by atoms with Crippen LogP contribution in [0, 0.1) is 6.92 Å². The van der Waals surface area contributed by atoms with Crippen LogP contribution in [0.3, 0.4) is 0 Å². The fourth-order valence-corrected chi connectivity index (χ4v) is 2.70. The molecule has 0 saturated heterocycles. The number of benzene rings is 1. The van der Waals surface area contributed by atoms with Crippen molar-refractivity contribution in [3.63, 3.8) is 0 Å². The number of aliphatic hydroxyl groups is 1. The fourth-order valence-electron chi connectivity index (χ4n) is 2.70. The zero-order valence-corrected chi connectivity index (χ0v) is 11.2. The van der Waals surface area contributed by atoms with Crippen LogP contribution in [-0.4, -0.2) is 34.5 Å². The van der Waals surface area contributed by atoms with Gasteiger partial charge in [-0.15, -0.1) is 5.10 Å². The molecule has 0 atom stereocenters. The Labute approximate surface area is 113 Å². The third kappa shape index (κ3) is 2.16. The highest BCUT2D eigenvalue weighted by atomic mass is 16.3. The van der Waals surface area contributed by atoms with Crippen molar-refractivity contribution in [1.29, 1.82) is 0 Å². The molecule has 0 aliphatic heterocycles. The molecule has 2 aromatic rings. The van der Waals surface area contributed by atoms with Crippen molar-refractivity contribution in [3.8, 4) is 0 Å². The first kappa shape index (κ1) is 12.4. The second-order valence-corrected chi connectivity index (χ2v) is 5.16. The number of aromatic nitrogens is 2. The van der Waals surface area contributed by atoms with Crippen molar-refractivity contribution in [2.75, 3.05) is 18.1 Å². The third-order valence-electron chi connectivity index (χ3n) is 3.98. The number of aliphatic hydroxyl groups excluding tert-OH is 1. The zero-order valence-electron chi connectivity index (χ0n) is 11.2. The highest BCUT2D eigenvalue weighted by Crippen LogP contribution is 2.32. The van der Waals surface area contributed by atoms with Crippen molar-refractivity contribution in [2.45, 2.75) is 32.2 Å². The average molecular weight is 257 g/mol. The number of hydrogen-bond acceptors (Lipinski definition) is 4. The van der Waals surface area contributed by atoms with Crippen LogP contribution in [0.4, 0.5) is 5.82 Å². The molecule has 4 nitrogen and oxygen atoms in total. The molecular weight excluding hydrogens is 238 g/mol. The molecule has 0 radical (unpaired) electrons. The molecular formula is C15H19N3O. The molecule has 1 aromatic heterocycles. The summed E-state index contributed by atoms with van der Waals surface area (Å²) < 4.78 is 0. The predicted octanol–water partition coefficient (Wildman–Crippen LogP) is 2.29. The van der Waals surface area contributed by atoms with E-state index in [9.17, 15) is 5.11 Å². The summed E-state index contributed by atoms with van der Waals surface area (Å²) in [6.45, 7) is 2.77. The molecule has 0 bridgehead atoms. The highest BCUT2D eigenvalue weighted by Gasteiger charge is 2.27. The van der Waals surface area contributed by atoms with Gasteiger partial charge < -0.3 is 10.0 Å². The molecule has 100 valence electrons. The Balaban J connectivity index is 2.09. The van der Waals surface area contributed by atoms with Crippen molar-refractivity contribution < 1.29 is 5.11 Å². The lowest BCUT2D eigenvalue weighted by atomic mass is 9.91. The summed E-state index contributed by atoms with van der Waals surface area (Å²) in [5.41, 5.74) is 0.955. The monoisotopic (exact) mass is 257 g/mol. The van der Waals surface area contributed by atoms with E-state index in [-0.39, 0.29) is 6.61 Å². The highest BCUT2D eigenvalue weighted by molar-refractivity contribution is 5.93. The van der Waals surface area contributed by atoms with Crippen LogP contribution in [0.1, 0.15) is 25.0 Å². The number of nitrogens with zero attached hydrogens (tertiary/aromatic N) is 3. The quantitative estimate of drug-likeness (QED) is 0.913. The molecule has 1 fully saturated rings. The maximum absolute atomic E-state index is 9.30. The Kier molecular flexibility index (Phi) is 3.34. The summed E-state index contributed by atoms with van der Waals surface area (Å²) >= 11 is 0. The predicted molar refractivity (Wildman–Crippen MR) is 76.3 cm³/mol. The Morgan fingerprint density at radius 2 is 1.95 bits per heavy atom. The van der Waals surface area contributed by atoms with Gasteiger partial charge in [0.1, 0.15) is 0 Å². The van der Waals surface area contributed by atoms with Gasteiger partial charge in [0.2, 0.25) is 0 Å². The van der Waals surface area contributed by atoms with Crippen LogP contribution in [0.2, 0.25) is 0 Å². The smallest absolute Gasteiger partial charge is 0.159 e. The summed E-state index contributed by atoms with van der Waals surface area (Å²) in [6.07, 6.45) is 3.64. The van der Waals surface area contributed by atoms with Crippen LogP contribution < -0.4 is 4.90 Å². The first-order valence-electron chi connectivity index (χ1n) is 6.91. The van der Waals surface area contributed by atoms with E-state index in [2.05, 4.69) is 27.2 Å². The van der Waals surface area contributed by atoms with Gasteiger partial charge >= 0.3 is 0 Å². The van der Waals surface area contributed by atoms with Gasteiger partial charge in [-0.2, -0.15) is 5.10 Å². The van der Waals surface area contributed by atoms with Crippen LogP contribution in [0.15, 0.2) is 24.3 Å². The second-order valence-electron chi connectivity index (χ2n) is 5.16. The summed E-state index contributed by atoms with van der Waals surface area (Å²) in [5.74, 6) is 0.917. The van der Waals surface area contributed by atoms with Crippen molar-refractivity contribution in [3.05, 3.63) is 30.0 Å². The minimum Gasteiger partial charge on any atom is -0.395 e. The van der Waals surface area contributed by atoms with E-state index in [0.717, 1.165) is 22.3 Å². The minimum atomic E-state index is 0.153.